The fourth-order valence-corrected chi connectivity index (χ4v) is 6.49. The van der Waals surface area contributed by atoms with Gasteiger partial charge >= 0.3 is 11.7 Å². The van der Waals surface area contributed by atoms with E-state index in [-0.39, 0.29) is 48.3 Å². The topological polar surface area (TPSA) is 76.6 Å². The average molecular weight is 590 g/mol. The van der Waals surface area contributed by atoms with Crippen LogP contribution in [-0.4, -0.2) is 59.9 Å². The first-order valence-electron chi connectivity index (χ1n) is 14.6. The van der Waals surface area contributed by atoms with Crippen molar-refractivity contribution < 1.29 is 18.7 Å². The van der Waals surface area contributed by atoms with Crippen LogP contribution in [0.1, 0.15) is 69.4 Å². The smallest absolute Gasteiger partial charge is 0.332 e. The van der Waals surface area contributed by atoms with Crippen LogP contribution in [0.3, 0.4) is 0 Å². The molecule has 1 N–H and O–H groups in total. The summed E-state index contributed by atoms with van der Waals surface area (Å²) in [7, 11) is 3.62. The second-order valence-electron chi connectivity index (χ2n) is 11.6. The number of aryl methyl sites for hydroxylation is 2. The van der Waals surface area contributed by atoms with Crippen LogP contribution in [0.4, 0.5) is 4.39 Å². The molecule has 226 valence electrons. The van der Waals surface area contributed by atoms with Crippen LogP contribution in [0.15, 0.2) is 47.3 Å². The number of benzene rings is 2. The van der Waals surface area contributed by atoms with E-state index in [4.69, 9.17) is 9.47 Å². The van der Waals surface area contributed by atoms with E-state index in [1.807, 2.05) is 34.9 Å². The van der Waals surface area contributed by atoms with Gasteiger partial charge in [0.05, 0.1) is 11.0 Å². The van der Waals surface area contributed by atoms with Gasteiger partial charge in [-0.3, -0.25) is 4.57 Å². The van der Waals surface area contributed by atoms with E-state index in [0.717, 1.165) is 67.5 Å². The number of nitrogens with one attached hydrogen (secondary N) is 1. The molecule has 3 aromatic rings. The van der Waals surface area contributed by atoms with E-state index in [1.165, 1.54) is 13.2 Å². The molecule has 0 radical (unpaired) electrons. The SMILES string of the molecule is COCC(=O)O[C@]1(CCN(C)CCCCCCn2c(=O)[nH]c3ccccc32)CCc2cc(F)ccc2[C@@H]1C(C)C.Cl. The van der Waals surface area contributed by atoms with Crippen molar-refractivity contribution in [1.29, 1.82) is 0 Å². The number of fused-ring (bicyclic) bond motifs is 2. The van der Waals surface area contributed by atoms with Crippen LogP contribution in [0, 0.1) is 11.7 Å². The van der Waals surface area contributed by atoms with Gasteiger partial charge in [-0.2, -0.15) is 0 Å². The van der Waals surface area contributed by atoms with Crippen LogP contribution in [0.2, 0.25) is 0 Å². The fourth-order valence-electron chi connectivity index (χ4n) is 6.49. The molecular weight excluding hydrogens is 545 g/mol. The van der Waals surface area contributed by atoms with Gasteiger partial charge in [-0.05, 0) is 80.6 Å². The minimum atomic E-state index is -0.657. The molecule has 0 amide bonds. The largest absolute Gasteiger partial charge is 0.457 e. The summed E-state index contributed by atoms with van der Waals surface area (Å²) in [4.78, 5) is 30.2. The molecule has 2 aromatic carbocycles. The van der Waals surface area contributed by atoms with Crippen molar-refractivity contribution in [2.24, 2.45) is 5.92 Å². The summed E-state index contributed by atoms with van der Waals surface area (Å²) in [5, 5.41) is 0. The molecule has 2 atom stereocenters. The Labute approximate surface area is 248 Å². The van der Waals surface area contributed by atoms with Gasteiger partial charge < -0.3 is 19.4 Å². The van der Waals surface area contributed by atoms with Crippen molar-refractivity contribution >= 4 is 29.4 Å². The Morgan fingerprint density at radius 2 is 1.90 bits per heavy atom. The summed E-state index contributed by atoms with van der Waals surface area (Å²) in [5.41, 5.74) is 3.24. The maximum absolute atomic E-state index is 14.0. The Morgan fingerprint density at radius 1 is 1.15 bits per heavy atom. The molecule has 0 unspecified atom stereocenters. The Bertz CT molecular complexity index is 1340. The molecule has 7 nitrogen and oxygen atoms in total. The number of carbonyl (C=O) groups excluding carboxylic acids is 1. The van der Waals surface area contributed by atoms with Crippen LogP contribution >= 0.6 is 12.4 Å². The number of rotatable bonds is 14. The lowest BCUT2D eigenvalue weighted by atomic mass is 9.65. The normalized spacial score (nSPS) is 18.5. The van der Waals surface area contributed by atoms with Crippen molar-refractivity contribution in [1.82, 2.24) is 14.5 Å². The molecule has 4 rings (SSSR count). The van der Waals surface area contributed by atoms with Crippen molar-refractivity contribution in [2.75, 3.05) is 33.9 Å². The van der Waals surface area contributed by atoms with Gasteiger partial charge in [-0.25, -0.2) is 14.0 Å². The van der Waals surface area contributed by atoms with Gasteiger partial charge in [0.15, 0.2) is 0 Å². The molecule has 0 saturated heterocycles. The van der Waals surface area contributed by atoms with Gasteiger partial charge in [0.1, 0.15) is 18.0 Å². The highest BCUT2D eigenvalue weighted by atomic mass is 35.5. The predicted octanol–water partition coefficient (Wildman–Crippen LogP) is 6.09. The first-order chi connectivity index (χ1) is 19.2. The predicted molar refractivity (Wildman–Crippen MR) is 163 cm³/mol. The van der Waals surface area contributed by atoms with Crippen molar-refractivity contribution in [3.05, 3.63) is 69.9 Å². The highest BCUT2D eigenvalue weighted by molar-refractivity contribution is 5.85. The summed E-state index contributed by atoms with van der Waals surface area (Å²) in [6.07, 6.45) is 6.22. The molecule has 0 aliphatic heterocycles. The number of nitrogens with zero attached hydrogens (tertiary/aromatic N) is 2. The van der Waals surface area contributed by atoms with E-state index in [2.05, 4.69) is 30.8 Å². The van der Waals surface area contributed by atoms with Gasteiger partial charge in [0, 0.05) is 32.5 Å². The number of unbranched alkanes of at least 4 members (excludes halogenated alkanes) is 3. The number of H-pyrrole nitrogens is 1. The highest BCUT2D eigenvalue weighted by Gasteiger charge is 2.47. The minimum absolute atomic E-state index is 0. The number of methoxy groups -OCH3 is 1. The lowest BCUT2D eigenvalue weighted by Gasteiger charge is -2.47. The zero-order valence-electron chi connectivity index (χ0n) is 24.8. The number of halogens is 2. The molecule has 0 fully saturated rings. The number of hydrogen-bond acceptors (Lipinski definition) is 5. The lowest BCUT2D eigenvalue weighted by molar-refractivity contribution is -0.172. The van der Waals surface area contributed by atoms with Crippen molar-refractivity contribution in [3.63, 3.8) is 0 Å². The van der Waals surface area contributed by atoms with Crippen LogP contribution in [0.5, 0.6) is 0 Å². The second-order valence-corrected chi connectivity index (χ2v) is 11.6. The number of aromatic nitrogens is 2. The molecule has 41 heavy (non-hydrogen) atoms. The van der Waals surface area contributed by atoms with Crippen LogP contribution < -0.4 is 5.69 Å². The fraction of sp³-hybridized carbons (Fsp3) is 0.562. The summed E-state index contributed by atoms with van der Waals surface area (Å²) in [5.74, 6) is -0.372. The number of para-hydroxylation sites is 2. The maximum atomic E-state index is 14.0. The summed E-state index contributed by atoms with van der Waals surface area (Å²) in [6.45, 7) is 6.68. The molecule has 0 bridgehead atoms. The third-order valence-corrected chi connectivity index (χ3v) is 8.34. The van der Waals surface area contributed by atoms with Gasteiger partial charge in [0.2, 0.25) is 0 Å². The number of carbonyl (C=O) groups is 1. The zero-order chi connectivity index (χ0) is 28.7. The molecule has 9 heteroatoms. The molecule has 1 aliphatic carbocycles. The summed E-state index contributed by atoms with van der Waals surface area (Å²) < 4.78 is 27.2. The highest BCUT2D eigenvalue weighted by Crippen LogP contribution is 2.48. The first-order valence-corrected chi connectivity index (χ1v) is 14.6. The summed E-state index contributed by atoms with van der Waals surface area (Å²) in [6, 6.07) is 12.8. The number of imidazole rings is 1. The lowest BCUT2D eigenvalue weighted by Crippen LogP contribution is -2.49. The van der Waals surface area contributed by atoms with Gasteiger partial charge in [-0.15, -0.1) is 12.4 Å². The minimum Gasteiger partial charge on any atom is -0.457 e. The first kappa shape index (κ1) is 32.8. The third kappa shape index (κ3) is 7.99. The number of esters is 1. The van der Waals surface area contributed by atoms with Crippen molar-refractivity contribution in [3.8, 4) is 0 Å². The molecule has 1 aliphatic rings. The molecule has 0 spiro atoms. The van der Waals surface area contributed by atoms with Crippen LogP contribution in [0.25, 0.3) is 11.0 Å². The molecule has 0 saturated carbocycles. The van der Waals surface area contributed by atoms with E-state index >= 15 is 0 Å². The monoisotopic (exact) mass is 589 g/mol. The van der Waals surface area contributed by atoms with Crippen molar-refractivity contribution in [2.45, 2.75) is 76.9 Å². The van der Waals surface area contributed by atoms with Gasteiger partial charge in [-0.1, -0.05) is 44.9 Å². The molecule has 1 aromatic heterocycles. The zero-order valence-corrected chi connectivity index (χ0v) is 25.6. The maximum Gasteiger partial charge on any atom is 0.332 e. The Hall–Kier alpha value is -2.68. The number of ether oxygens (including phenoxy) is 2. The van der Waals surface area contributed by atoms with E-state index in [1.54, 1.807) is 6.07 Å². The second kappa shape index (κ2) is 15.0. The molecule has 1 heterocycles. The third-order valence-electron chi connectivity index (χ3n) is 8.34. The van der Waals surface area contributed by atoms with E-state index < -0.39 is 5.60 Å². The quantitative estimate of drug-likeness (QED) is 0.182. The summed E-state index contributed by atoms with van der Waals surface area (Å²) >= 11 is 0. The average Bonchev–Trinajstić information content (AvgIpc) is 3.24. The molecular formula is C32H45ClFN3O4. The number of aromatic amines is 1. The van der Waals surface area contributed by atoms with Gasteiger partial charge in [0.25, 0.3) is 0 Å². The Kier molecular flexibility index (Phi) is 12.0. The Balaban J connectivity index is 0.00000462. The van der Waals surface area contributed by atoms with Crippen LogP contribution in [-0.2, 0) is 27.2 Å². The van der Waals surface area contributed by atoms with E-state index in [9.17, 15) is 14.0 Å². The standard InChI is InChI=1S/C32H44FN3O4.ClH/c1-23(2)30-26-14-13-25(33)21-24(26)15-16-32(30,40-29(37)22-39-4)17-20-35(3)18-9-5-6-10-19-36-28-12-8-7-11-27(28)34-31(36)38;/h7-8,11-14,21,23,30H,5-6,9-10,15-20,22H2,1-4H3,(H,34,38);1H/t30-,32-;/m0./s1. The van der Waals surface area contributed by atoms with E-state index in [0.29, 0.717) is 19.3 Å². The Morgan fingerprint density at radius 3 is 2.66 bits per heavy atom. The number of hydrogen-bond donors (Lipinski definition) is 1.